The second-order valence-electron chi connectivity index (χ2n) is 4.82. The van der Waals surface area contributed by atoms with Crippen LogP contribution < -0.4 is 15.2 Å². The molecule has 1 heterocycles. The average Bonchev–Trinajstić information content (AvgIpc) is 2.64. The molecular formula is C12H17ClFN3O3S. The zero-order chi connectivity index (χ0) is 15.5. The zero-order valence-corrected chi connectivity index (χ0v) is 12.8. The highest BCUT2D eigenvalue weighted by atomic mass is 35.5. The van der Waals surface area contributed by atoms with Gasteiger partial charge in [-0.15, -0.1) is 0 Å². The first-order chi connectivity index (χ1) is 9.87. The highest BCUT2D eigenvalue weighted by Crippen LogP contribution is 2.29. The standard InChI is InChI=1S/C12H17ClFN3O3S/c13-10-5-8(1-2-11(10)14)12-9(6-16-3-4-20-12)7-17-21(15,18)19/h1-2,5,9,12,16-17H,3-4,6-7H2,(H2,15,18,19)/t9-,12?/m0/s1. The second kappa shape index (κ2) is 6.99. The first-order valence-corrected chi connectivity index (χ1v) is 8.34. The van der Waals surface area contributed by atoms with Gasteiger partial charge in [0.2, 0.25) is 0 Å². The van der Waals surface area contributed by atoms with E-state index in [1.807, 2.05) is 0 Å². The minimum atomic E-state index is -3.78. The Balaban J connectivity index is 2.20. The largest absolute Gasteiger partial charge is 0.372 e. The molecule has 9 heteroatoms. The predicted molar refractivity (Wildman–Crippen MR) is 77.6 cm³/mol. The molecule has 0 bridgehead atoms. The summed E-state index contributed by atoms with van der Waals surface area (Å²) >= 11 is 5.79. The van der Waals surface area contributed by atoms with Gasteiger partial charge in [-0.3, -0.25) is 0 Å². The van der Waals surface area contributed by atoms with Crippen LogP contribution in [0.1, 0.15) is 11.7 Å². The Hall–Kier alpha value is -0.770. The van der Waals surface area contributed by atoms with Crippen LogP contribution in [0.5, 0.6) is 0 Å². The van der Waals surface area contributed by atoms with Gasteiger partial charge in [-0.05, 0) is 17.7 Å². The average molecular weight is 338 g/mol. The maximum Gasteiger partial charge on any atom is 0.274 e. The van der Waals surface area contributed by atoms with E-state index in [1.54, 1.807) is 6.07 Å². The highest BCUT2D eigenvalue weighted by Gasteiger charge is 2.27. The van der Waals surface area contributed by atoms with Crippen molar-refractivity contribution in [2.45, 2.75) is 6.10 Å². The fourth-order valence-electron chi connectivity index (χ4n) is 2.25. The Morgan fingerprint density at radius 2 is 2.29 bits per heavy atom. The fraction of sp³-hybridized carbons (Fsp3) is 0.500. The molecule has 1 aromatic carbocycles. The third-order valence-electron chi connectivity index (χ3n) is 3.23. The predicted octanol–water partition coefficient (Wildman–Crippen LogP) is 0.549. The first-order valence-electron chi connectivity index (χ1n) is 6.41. The van der Waals surface area contributed by atoms with E-state index in [-0.39, 0.29) is 17.5 Å². The lowest BCUT2D eigenvalue weighted by Crippen LogP contribution is -2.39. The van der Waals surface area contributed by atoms with Crippen molar-refractivity contribution >= 4 is 21.8 Å². The molecule has 0 saturated carbocycles. The summed E-state index contributed by atoms with van der Waals surface area (Å²) in [6.45, 7) is 1.77. The van der Waals surface area contributed by atoms with E-state index in [0.29, 0.717) is 25.3 Å². The van der Waals surface area contributed by atoms with Crippen LogP contribution in [0.25, 0.3) is 0 Å². The lowest BCUT2D eigenvalue weighted by atomic mass is 9.95. The molecule has 0 aromatic heterocycles. The van der Waals surface area contributed by atoms with Gasteiger partial charge in [0.15, 0.2) is 0 Å². The SMILES string of the molecule is NS(=O)(=O)NC[C@@H]1CNCCOC1c1ccc(F)c(Cl)c1. The highest BCUT2D eigenvalue weighted by molar-refractivity contribution is 7.87. The van der Waals surface area contributed by atoms with E-state index in [0.717, 1.165) is 0 Å². The van der Waals surface area contributed by atoms with Crippen molar-refractivity contribution in [3.8, 4) is 0 Å². The number of halogens is 2. The minimum Gasteiger partial charge on any atom is -0.372 e. The van der Waals surface area contributed by atoms with E-state index in [2.05, 4.69) is 10.0 Å². The number of rotatable bonds is 4. The molecule has 2 rings (SSSR count). The van der Waals surface area contributed by atoms with Crippen molar-refractivity contribution in [1.29, 1.82) is 0 Å². The van der Waals surface area contributed by atoms with E-state index in [4.69, 9.17) is 21.5 Å². The summed E-state index contributed by atoms with van der Waals surface area (Å²) in [5, 5.41) is 8.11. The van der Waals surface area contributed by atoms with Crippen LogP contribution in [0.15, 0.2) is 18.2 Å². The van der Waals surface area contributed by atoms with Gasteiger partial charge in [0.1, 0.15) is 5.82 Å². The third kappa shape index (κ3) is 4.87. The maximum absolute atomic E-state index is 13.3. The number of nitrogens with one attached hydrogen (secondary N) is 2. The molecule has 118 valence electrons. The van der Waals surface area contributed by atoms with Crippen LogP contribution >= 0.6 is 11.6 Å². The van der Waals surface area contributed by atoms with Crippen LogP contribution in [0.2, 0.25) is 5.02 Å². The lowest BCUT2D eigenvalue weighted by molar-refractivity contribution is 0.0322. The van der Waals surface area contributed by atoms with Crippen LogP contribution in [0.4, 0.5) is 4.39 Å². The van der Waals surface area contributed by atoms with Crippen molar-refractivity contribution in [1.82, 2.24) is 10.0 Å². The number of benzene rings is 1. The number of hydrogen-bond acceptors (Lipinski definition) is 4. The van der Waals surface area contributed by atoms with Crippen molar-refractivity contribution in [2.24, 2.45) is 11.1 Å². The molecule has 1 aliphatic rings. The van der Waals surface area contributed by atoms with Crippen LogP contribution in [0.3, 0.4) is 0 Å². The Morgan fingerprint density at radius 3 is 2.95 bits per heavy atom. The number of hydrogen-bond donors (Lipinski definition) is 3. The maximum atomic E-state index is 13.3. The smallest absolute Gasteiger partial charge is 0.274 e. The van der Waals surface area contributed by atoms with Crippen molar-refractivity contribution < 1.29 is 17.5 Å². The van der Waals surface area contributed by atoms with Crippen LogP contribution in [-0.4, -0.2) is 34.7 Å². The molecule has 2 atom stereocenters. The van der Waals surface area contributed by atoms with Gasteiger partial charge in [0.05, 0.1) is 17.7 Å². The Labute approximate surface area is 128 Å². The minimum absolute atomic E-state index is 0.00598. The molecule has 21 heavy (non-hydrogen) atoms. The molecule has 0 spiro atoms. The Kier molecular flexibility index (Phi) is 5.53. The van der Waals surface area contributed by atoms with E-state index in [9.17, 15) is 12.8 Å². The number of nitrogens with two attached hydrogens (primary N) is 1. The van der Waals surface area contributed by atoms with E-state index < -0.39 is 22.1 Å². The summed E-state index contributed by atoms with van der Waals surface area (Å²) in [5.41, 5.74) is 0.700. The quantitative estimate of drug-likeness (QED) is 0.748. The summed E-state index contributed by atoms with van der Waals surface area (Å²) < 4.78 is 43.3. The molecule has 1 aliphatic heterocycles. The molecule has 0 radical (unpaired) electrons. The topological polar surface area (TPSA) is 93.5 Å². The summed E-state index contributed by atoms with van der Waals surface area (Å²) in [7, 11) is -3.78. The fourth-order valence-corrected chi connectivity index (χ4v) is 2.88. The van der Waals surface area contributed by atoms with Gasteiger partial charge >= 0.3 is 0 Å². The van der Waals surface area contributed by atoms with Gasteiger partial charge in [-0.1, -0.05) is 17.7 Å². The summed E-state index contributed by atoms with van der Waals surface area (Å²) in [5.74, 6) is -0.696. The second-order valence-corrected chi connectivity index (χ2v) is 6.61. The molecule has 1 saturated heterocycles. The molecule has 0 aliphatic carbocycles. The van der Waals surface area contributed by atoms with Gasteiger partial charge in [0.25, 0.3) is 10.2 Å². The van der Waals surface area contributed by atoms with Gasteiger partial charge < -0.3 is 10.1 Å². The molecule has 4 N–H and O–H groups in total. The van der Waals surface area contributed by atoms with Gasteiger partial charge in [0, 0.05) is 25.6 Å². The monoisotopic (exact) mass is 337 g/mol. The molecule has 1 unspecified atom stereocenters. The third-order valence-corrected chi connectivity index (χ3v) is 4.09. The van der Waals surface area contributed by atoms with E-state index >= 15 is 0 Å². The normalized spacial score (nSPS) is 23.8. The Bertz CT molecular complexity index is 599. The molecular weight excluding hydrogens is 321 g/mol. The van der Waals surface area contributed by atoms with Gasteiger partial charge in [-0.2, -0.15) is 8.42 Å². The summed E-state index contributed by atoms with van der Waals surface area (Å²) in [6, 6.07) is 4.35. The summed E-state index contributed by atoms with van der Waals surface area (Å²) in [6.07, 6.45) is -0.396. The van der Waals surface area contributed by atoms with Crippen molar-refractivity contribution in [3.05, 3.63) is 34.6 Å². The zero-order valence-electron chi connectivity index (χ0n) is 11.2. The molecule has 1 aromatic rings. The number of ether oxygens (including phenoxy) is 1. The summed E-state index contributed by atoms with van der Waals surface area (Å²) in [4.78, 5) is 0. The Morgan fingerprint density at radius 1 is 1.52 bits per heavy atom. The van der Waals surface area contributed by atoms with Gasteiger partial charge in [-0.25, -0.2) is 14.3 Å². The van der Waals surface area contributed by atoms with Crippen molar-refractivity contribution in [2.75, 3.05) is 26.2 Å². The molecule has 1 fully saturated rings. The first kappa shape index (κ1) is 16.6. The molecule has 6 nitrogen and oxygen atoms in total. The van der Waals surface area contributed by atoms with E-state index in [1.165, 1.54) is 12.1 Å². The van der Waals surface area contributed by atoms with Crippen LogP contribution in [-0.2, 0) is 14.9 Å². The van der Waals surface area contributed by atoms with Crippen molar-refractivity contribution in [3.63, 3.8) is 0 Å². The lowest BCUT2D eigenvalue weighted by Gasteiger charge is -2.25. The molecule has 0 amide bonds. The van der Waals surface area contributed by atoms with Crippen LogP contribution in [0, 0.1) is 11.7 Å².